The molecule has 2 N–H and O–H groups in total. The van der Waals surface area contributed by atoms with E-state index >= 15 is 0 Å². The van der Waals surface area contributed by atoms with E-state index in [1.54, 1.807) is 0 Å². The van der Waals surface area contributed by atoms with E-state index in [9.17, 15) is 0 Å². The van der Waals surface area contributed by atoms with E-state index in [-0.39, 0.29) is 0 Å². The Morgan fingerprint density at radius 3 is 3.00 bits per heavy atom. The summed E-state index contributed by atoms with van der Waals surface area (Å²) in [5.74, 6) is 0. The maximum Gasteiger partial charge on any atom is 0.180 e. The van der Waals surface area contributed by atoms with Gasteiger partial charge in [0.15, 0.2) is 5.13 Å². The van der Waals surface area contributed by atoms with Crippen molar-refractivity contribution >= 4 is 16.5 Å². The number of thiazole rings is 1. The van der Waals surface area contributed by atoms with Gasteiger partial charge in [-0.1, -0.05) is 18.2 Å². The van der Waals surface area contributed by atoms with Gasteiger partial charge in [-0.25, -0.2) is 4.98 Å². The number of nitrogens with zero attached hydrogens (tertiary/aromatic N) is 1. The van der Waals surface area contributed by atoms with Crippen LogP contribution < -0.4 is 5.73 Å². The van der Waals surface area contributed by atoms with Crippen LogP contribution in [0.1, 0.15) is 0 Å². The van der Waals surface area contributed by atoms with Crippen molar-refractivity contribution in [3.63, 3.8) is 0 Å². The molecule has 0 spiro atoms. The molecule has 59 valence electrons. The summed E-state index contributed by atoms with van der Waals surface area (Å²) in [6.07, 6.45) is 0. The molecule has 1 heterocycles. The minimum absolute atomic E-state index is 0.605. The molecule has 0 fully saturated rings. The summed E-state index contributed by atoms with van der Waals surface area (Å²) in [5.41, 5.74) is 7.50. The molecule has 0 bridgehead atoms. The predicted molar refractivity (Wildman–Crippen MR) is 50.8 cm³/mol. The van der Waals surface area contributed by atoms with Crippen molar-refractivity contribution in [2.75, 3.05) is 5.73 Å². The number of nitrogens with two attached hydrogens (primary N) is 1. The topological polar surface area (TPSA) is 38.9 Å². The quantitative estimate of drug-likeness (QED) is 0.721. The molecule has 0 aliphatic rings. The van der Waals surface area contributed by atoms with Gasteiger partial charge in [-0.15, -0.1) is 11.3 Å². The fraction of sp³-hybridized carbons (Fsp3) is 0. The number of nitrogen functional groups attached to an aromatic ring is 1. The lowest BCUT2D eigenvalue weighted by Gasteiger charge is -1.92. The van der Waals surface area contributed by atoms with E-state index in [0.717, 1.165) is 11.3 Å². The third kappa shape index (κ3) is 1.31. The molecule has 12 heavy (non-hydrogen) atoms. The SMILES string of the molecule is Nc1nc(-c2c[c]ccc2)cs1. The van der Waals surface area contributed by atoms with E-state index in [1.165, 1.54) is 11.3 Å². The second-order valence-corrected chi connectivity index (χ2v) is 3.25. The summed E-state index contributed by atoms with van der Waals surface area (Å²) in [6.45, 7) is 0. The van der Waals surface area contributed by atoms with Gasteiger partial charge in [-0.05, 0) is 12.1 Å². The Morgan fingerprint density at radius 1 is 1.50 bits per heavy atom. The first-order valence-corrected chi connectivity index (χ1v) is 4.42. The summed E-state index contributed by atoms with van der Waals surface area (Å²) in [4.78, 5) is 4.16. The first kappa shape index (κ1) is 7.31. The Bertz CT molecular complexity index is 367. The van der Waals surface area contributed by atoms with Gasteiger partial charge in [-0.2, -0.15) is 0 Å². The van der Waals surface area contributed by atoms with Crippen LogP contribution in [0.25, 0.3) is 11.3 Å². The van der Waals surface area contributed by atoms with Gasteiger partial charge >= 0.3 is 0 Å². The molecule has 0 atom stereocenters. The zero-order chi connectivity index (χ0) is 8.39. The van der Waals surface area contributed by atoms with Crippen LogP contribution in [0.3, 0.4) is 0 Å². The first-order chi connectivity index (χ1) is 5.86. The Kier molecular flexibility index (Phi) is 1.80. The standard InChI is InChI=1S/C9H7N2S/c10-9-11-8(6-12-9)7-4-2-1-3-5-7/h1-2,4-6H,(H2,10,11). The molecule has 2 nitrogen and oxygen atoms in total. The van der Waals surface area contributed by atoms with Crippen molar-refractivity contribution in [3.8, 4) is 11.3 Å². The maximum absolute atomic E-state index is 5.51. The summed E-state index contributed by atoms with van der Waals surface area (Å²) in [7, 11) is 0. The molecule has 1 aromatic carbocycles. The summed E-state index contributed by atoms with van der Waals surface area (Å²) < 4.78 is 0. The highest BCUT2D eigenvalue weighted by atomic mass is 32.1. The van der Waals surface area contributed by atoms with Crippen LogP contribution in [-0.4, -0.2) is 4.98 Å². The van der Waals surface area contributed by atoms with Gasteiger partial charge < -0.3 is 5.73 Å². The Morgan fingerprint density at radius 2 is 2.42 bits per heavy atom. The fourth-order valence-corrected chi connectivity index (χ4v) is 1.55. The maximum atomic E-state index is 5.51. The molecule has 0 aliphatic heterocycles. The zero-order valence-electron chi connectivity index (χ0n) is 6.32. The lowest BCUT2D eigenvalue weighted by atomic mass is 10.2. The molecule has 2 rings (SSSR count). The van der Waals surface area contributed by atoms with Crippen LogP contribution >= 0.6 is 11.3 Å². The molecule has 0 saturated heterocycles. The lowest BCUT2D eigenvalue weighted by molar-refractivity contribution is 1.41. The average Bonchev–Trinajstić information content (AvgIpc) is 2.54. The van der Waals surface area contributed by atoms with Crippen LogP contribution in [-0.2, 0) is 0 Å². The van der Waals surface area contributed by atoms with E-state index < -0.39 is 0 Å². The zero-order valence-corrected chi connectivity index (χ0v) is 7.14. The van der Waals surface area contributed by atoms with Crippen molar-refractivity contribution in [2.24, 2.45) is 0 Å². The number of anilines is 1. The minimum Gasteiger partial charge on any atom is -0.375 e. The summed E-state index contributed by atoms with van der Waals surface area (Å²) in [6, 6.07) is 10.7. The van der Waals surface area contributed by atoms with E-state index in [2.05, 4.69) is 11.1 Å². The highest BCUT2D eigenvalue weighted by molar-refractivity contribution is 7.13. The van der Waals surface area contributed by atoms with Gasteiger partial charge in [0, 0.05) is 10.9 Å². The van der Waals surface area contributed by atoms with E-state index in [4.69, 9.17) is 5.73 Å². The van der Waals surface area contributed by atoms with Crippen molar-refractivity contribution in [1.29, 1.82) is 0 Å². The minimum atomic E-state index is 0.605. The van der Waals surface area contributed by atoms with Gasteiger partial charge in [0.05, 0.1) is 5.69 Å². The van der Waals surface area contributed by atoms with Crippen molar-refractivity contribution in [1.82, 2.24) is 4.98 Å². The van der Waals surface area contributed by atoms with Gasteiger partial charge in [0.25, 0.3) is 0 Å². The van der Waals surface area contributed by atoms with Crippen LogP contribution in [0.15, 0.2) is 29.6 Å². The third-order valence-electron chi connectivity index (χ3n) is 1.52. The number of hydrogen-bond acceptors (Lipinski definition) is 3. The molecule has 0 aliphatic carbocycles. The van der Waals surface area contributed by atoms with E-state index in [1.807, 2.05) is 29.6 Å². The number of rotatable bonds is 1. The van der Waals surface area contributed by atoms with Crippen LogP contribution in [0.5, 0.6) is 0 Å². The number of hydrogen-bond donors (Lipinski definition) is 1. The number of aromatic nitrogens is 1. The third-order valence-corrected chi connectivity index (χ3v) is 2.20. The van der Waals surface area contributed by atoms with Crippen molar-refractivity contribution in [2.45, 2.75) is 0 Å². The average molecular weight is 175 g/mol. The predicted octanol–water partition coefficient (Wildman–Crippen LogP) is 2.19. The molecule has 0 amide bonds. The second-order valence-electron chi connectivity index (χ2n) is 2.36. The molecule has 1 radical (unpaired) electrons. The first-order valence-electron chi connectivity index (χ1n) is 3.54. The van der Waals surface area contributed by atoms with Gasteiger partial charge in [0.1, 0.15) is 0 Å². The highest BCUT2D eigenvalue weighted by Gasteiger charge is 1.99. The summed E-state index contributed by atoms with van der Waals surface area (Å²) >= 11 is 1.45. The largest absolute Gasteiger partial charge is 0.375 e. The number of benzene rings is 1. The van der Waals surface area contributed by atoms with Crippen LogP contribution in [0.2, 0.25) is 0 Å². The Hall–Kier alpha value is -1.35. The lowest BCUT2D eigenvalue weighted by Crippen LogP contribution is -1.82. The highest BCUT2D eigenvalue weighted by Crippen LogP contribution is 2.21. The smallest absolute Gasteiger partial charge is 0.180 e. The van der Waals surface area contributed by atoms with Crippen molar-refractivity contribution < 1.29 is 0 Å². The summed E-state index contributed by atoms with van der Waals surface area (Å²) in [5, 5.41) is 2.55. The van der Waals surface area contributed by atoms with Crippen LogP contribution in [0.4, 0.5) is 5.13 Å². The Labute approximate surface area is 74.7 Å². The molecule has 1 aromatic heterocycles. The second kappa shape index (κ2) is 2.95. The van der Waals surface area contributed by atoms with E-state index in [0.29, 0.717) is 5.13 Å². The van der Waals surface area contributed by atoms with Gasteiger partial charge in [0.2, 0.25) is 0 Å². The molecular weight excluding hydrogens is 168 g/mol. The van der Waals surface area contributed by atoms with Crippen LogP contribution in [0, 0.1) is 6.07 Å². The molecule has 3 heteroatoms. The van der Waals surface area contributed by atoms with Gasteiger partial charge in [-0.3, -0.25) is 0 Å². The molecule has 0 saturated carbocycles. The normalized spacial score (nSPS) is 10.0. The molecular formula is C9H7N2S. The monoisotopic (exact) mass is 175 g/mol. The Balaban J connectivity index is 2.45. The fourth-order valence-electron chi connectivity index (χ4n) is 0.973. The molecule has 2 aromatic rings. The van der Waals surface area contributed by atoms with Crippen molar-refractivity contribution in [3.05, 3.63) is 35.7 Å². The molecule has 0 unspecified atom stereocenters.